The van der Waals surface area contributed by atoms with Gasteiger partial charge in [0, 0.05) is 5.69 Å². The molecule has 0 aromatic heterocycles. The number of ether oxygens (including phenoxy) is 1. The van der Waals surface area contributed by atoms with Crippen LogP contribution in [0.1, 0.15) is 51.7 Å². The molecular formula is C16H25NO. The van der Waals surface area contributed by atoms with Crippen molar-refractivity contribution >= 4 is 5.69 Å². The molecule has 18 heavy (non-hydrogen) atoms. The van der Waals surface area contributed by atoms with Crippen LogP contribution in [0.15, 0.2) is 24.3 Å². The third kappa shape index (κ3) is 3.49. The summed E-state index contributed by atoms with van der Waals surface area (Å²) in [5, 5.41) is 0. The van der Waals surface area contributed by atoms with Crippen LogP contribution in [0.25, 0.3) is 0 Å². The standard InChI is InChI=1S/C16H25NO/c1-11-7-12(2)9-16(8-11)18-13(3)14-5-4-6-15(17)10-14/h4-6,10-13,16H,7-9,17H2,1-3H3. The number of nitrogen functional groups attached to an aromatic ring is 1. The fraction of sp³-hybridized carbons (Fsp3) is 0.625. The van der Waals surface area contributed by atoms with Crippen LogP contribution in [-0.4, -0.2) is 6.10 Å². The van der Waals surface area contributed by atoms with Gasteiger partial charge in [-0.2, -0.15) is 0 Å². The first-order valence-corrected chi connectivity index (χ1v) is 7.05. The summed E-state index contributed by atoms with van der Waals surface area (Å²) >= 11 is 0. The van der Waals surface area contributed by atoms with Gasteiger partial charge < -0.3 is 10.5 Å². The molecule has 1 aromatic carbocycles. The molecule has 3 unspecified atom stereocenters. The normalized spacial score (nSPS) is 30.1. The van der Waals surface area contributed by atoms with E-state index in [-0.39, 0.29) is 6.10 Å². The lowest BCUT2D eigenvalue weighted by atomic mass is 9.81. The van der Waals surface area contributed by atoms with E-state index in [0.29, 0.717) is 6.10 Å². The smallest absolute Gasteiger partial charge is 0.0801 e. The summed E-state index contributed by atoms with van der Waals surface area (Å²) in [4.78, 5) is 0. The second-order valence-electron chi connectivity index (χ2n) is 5.99. The predicted octanol–water partition coefficient (Wildman–Crippen LogP) is 4.17. The predicted molar refractivity (Wildman–Crippen MR) is 76.3 cm³/mol. The summed E-state index contributed by atoms with van der Waals surface area (Å²) in [6.45, 7) is 6.78. The largest absolute Gasteiger partial charge is 0.399 e. The lowest BCUT2D eigenvalue weighted by Gasteiger charge is -2.33. The Kier molecular flexibility index (Phi) is 4.28. The van der Waals surface area contributed by atoms with E-state index in [1.807, 2.05) is 18.2 Å². The fourth-order valence-electron chi connectivity index (χ4n) is 3.16. The van der Waals surface area contributed by atoms with Gasteiger partial charge in [-0.15, -0.1) is 0 Å². The van der Waals surface area contributed by atoms with E-state index in [4.69, 9.17) is 10.5 Å². The molecule has 0 amide bonds. The first-order valence-electron chi connectivity index (χ1n) is 7.05. The van der Waals surface area contributed by atoms with E-state index in [1.54, 1.807) is 0 Å². The zero-order chi connectivity index (χ0) is 13.1. The number of hydrogen-bond acceptors (Lipinski definition) is 2. The van der Waals surface area contributed by atoms with Crippen molar-refractivity contribution in [3.63, 3.8) is 0 Å². The molecule has 2 rings (SSSR count). The van der Waals surface area contributed by atoms with Gasteiger partial charge in [0.05, 0.1) is 12.2 Å². The third-order valence-corrected chi connectivity index (χ3v) is 3.91. The lowest BCUT2D eigenvalue weighted by Crippen LogP contribution is -2.27. The maximum Gasteiger partial charge on any atom is 0.0801 e. The van der Waals surface area contributed by atoms with E-state index >= 15 is 0 Å². The maximum atomic E-state index is 6.22. The highest BCUT2D eigenvalue weighted by atomic mass is 16.5. The Morgan fingerprint density at radius 1 is 1.17 bits per heavy atom. The van der Waals surface area contributed by atoms with Gasteiger partial charge in [-0.3, -0.25) is 0 Å². The van der Waals surface area contributed by atoms with Crippen molar-refractivity contribution in [2.75, 3.05) is 5.73 Å². The van der Waals surface area contributed by atoms with Crippen LogP contribution in [0.4, 0.5) is 5.69 Å². The van der Waals surface area contributed by atoms with Gasteiger partial charge in [0.15, 0.2) is 0 Å². The average molecular weight is 247 g/mol. The van der Waals surface area contributed by atoms with Gasteiger partial charge in [0.2, 0.25) is 0 Å². The monoisotopic (exact) mass is 247 g/mol. The van der Waals surface area contributed by atoms with E-state index in [2.05, 4.69) is 26.8 Å². The molecule has 2 heteroatoms. The first kappa shape index (κ1) is 13.4. The zero-order valence-electron chi connectivity index (χ0n) is 11.7. The molecule has 1 aromatic rings. The van der Waals surface area contributed by atoms with Gasteiger partial charge in [0.25, 0.3) is 0 Å². The fourth-order valence-corrected chi connectivity index (χ4v) is 3.16. The Balaban J connectivity index is 1.96. The number of rotatable bonds is 3. The van der Waals surface area contributed by atoms with Crippen LogP contribution in [0.2, 0.25) is 0 Å². The molecule has 0 spiro atoms. The van der Waals surface area contributed by atoms with Crippen molar-refractivity contribution in [2.45, 2.75) is 52.2 Å². The quantitative estimate of drug-likeness (QED) is 0.814. The van der Waals surface area contributed by atoms with Crippen molar-refractivity contribution in [3.8, 4) is 0 Å². The molecule has 1 saturated carbocycles. The molecule has 1 aliphatic carbocycles. The molecule has 2 N–H and O–H groups in total. The van der Waals surface area contributed by atoms with Crippen LogP contribution in [0.5, 0.6) is 0 Å². The van der Waals surface area contributed by atoms with Crippen molar-refractivity contribution in [1.82, 2.24) is 0 Å². The molecule has 3 atom stereocenters. The molecule has 0 bridgehead atoms. The molecule has 1 aliphatic rings. The topological polar surface area (TPSA) is 35.2 Å². The molecule has 0 radical (unpaired) electrons. The second-order valence-corrected chi connectivity index (χ2v) is 5.99. The van der Waals surface area contributed by atoms with E-state index in [1.165, 1.54) is 24.8 Å². The first-order chi connectivity index (χ1) is 8.54. The summed E-state index contributed by atoms with van der Waals surface area (Å²) in [6, 6.07) is 8.02. The summed E-state index contributed by atoms with van der Waals surface area (Å²) < 4.78 is 6.22. The van der Waals surface area contributed by atoms with Gasteiger partial charge in [-0.1, -0.05) is 26.0 Å². The Bertz CT molecular complexity index is 380. The lowest BCUT2D eigenvalue weighted by molar-refractivity contribution is -0.0426. The molecule has 0 heterocycles. The highest BCUT2D eigenvalue weighted by Crippen LogP contribution is 2.33. The minimum Gasteiger partial charge on any atom is -0.399 e. The molecule has 100 valence electrons. The minimum absolute atomic E-state index is 0.135. The van der Waals surface area contributed by atoms with Crippen molar-refractivity contribution in [2.24, 2.45) is 11.8 Å². The van der Waals surface area contributed by atoms with E-state index < -0.39 is 0 Å². The number of anilines is 1. The molecule has 0 aliphatic heterocycles. The van der Waals surface area contributed by atoms with Crippen LogP contribution in [0, 0.1) is 11.8 Å². The van der Waals surface area contributed by atoms with Gasteiger partial charge >= 0.3 is 0 Å². The summed E-state index contributed by atoms with van der Waals surface area (Å²) in [5.41, 5.74) is 7.81. The Morgan fingerprint density at radius 3 is 2.44 bits per heavy atom. The van der Waals surface area contributed by atoms with Gasteiger partial charge in [-0.25, -0.2) is 0 Å². The summed E-state index contributed by atoms with van der Waals surface area (Å²) in [5.74, 6) is 1.57. The van der Waals surface area contributed by atoms with Crippen LogP contribution >= 0.6 is 0 Å². The van der Waals surface area contributed by atoms with Crippen LogP contribution in [-0.2, 0) is 4.74 Å². The Labute approximate surface area is 111 Å². The van der Waals surface area contributed by atoms with Crippen molar-refractivity contribution in [3.05, 3.63) is 29.8 Å². The van der Waals surface area contributed by atoms with E-state index in [0.717, 1.165) is 17.5 Å². The van der Waals surface area contributed by atoms with Crippen molar-refractivity contribution in [1.29, 1.82) is 0 Å². The summed E-state index contributed by atoms with van der Waals surface area (Å²) in [7, 11) is 0. The summed E-state index contributed by atoms with van der Waals surface area (Å²) in [6.07, 6.45) is 4.26. The number of nitrogens with two attached hydrogens (primary N) is 1. The van der Waals surface area contributed by atoms with E-state index in [9.17, 15) is 0 Å². The molecule has 1 fully saturated rings. The van der Waals surface area contributed by atoms with Gasteiger partial charge in [0.1, 0.15) is 0 Å². The third-order valence-electron chi connectivity index (χ3n) is 3.91. The number of hydrogen-bond donors (Lipinski definition) is 1. The SMILES string of the molecule is CC1CC(C)CC(OC(C)c2cccc(N)c2)C1. The molecular weight excluding hydrogens is 222 g/mol. The zero-order valence-corrected chi connectivity index (χ0v) is 11.7. The minimum atomic E-state index is 0.135. The Morgan fingerprint density at radius 2 is 1.83 bits per heavy atom. The van der Waals surface area contributed by atoms with Gasteiger partial charge in [-0.05, 0) is 55.7 Å². The highest BCUT2D eigenvalue weighted by Gasteiger charge is 2.26. The van der Waals surface area contributed by atoms with Crippen molar-refractivity contribution < 1.29 is 4.74 Å². The van der Waals surface area contributed by atoms with Crippen LogP contribution in [0.3, 0.4) is 0 Å². The van der Waals surface area contributed by atoms with Crippen LogP contribution < -0.4 is 5.73 Å². The maximum absolute atomic E-state index is 6.22. The molecule has 2 nitrogen and oxygen atoms in total. The number of benzene rings is 1. The Hall–Kier alpha value is -1.02. The second kappa shape index (κ2) is 5.75. The molecule has 0 saturated heterocycles. The highest BCUT2D eigenvalue weighted by molar-refractivity contribution is 5.41. The average Bonchev–Trinajstić information content (AvgIpc) is 2.27.